The van der Waals surface area contributed by atoms with E-state index in [1.807, 2.05) is 64.9 Å². The Hall–Kier alpha value is -3.04. The maximum atomic E-state index is 13.1. The monoisotopic (exact) mass is 465 g/mol. The summed E-state index contributed by atoms with van der Waals surface area (Å²) in [6.45, 7) is 8.74. The molecule has 0 saturated carbocycles. The van der Waals surface area contributed by atoms with Crippen molar-refractivity contribution in [2.75, 3.05) is 39.5 Å². The average molecular weight is 466 g/mol. The van der Waals surface area contributed by atoms with Gasteiger partial charge in [-0.3, -0.25) is 9.36 Å². The number of nitrogens with zero attached hydrogens (tertiary/aromatic N) is 5. The van der Waals surface area contributed by atoms with E-state index in [-0.39, 0.29) is 18.0 Å². The van der Waals surface area contributed by atoms with Crippen LogP contribution in [0.2, 0.25) is 0 Å². The molecule has 8 nitrogen and oxygen atoms in total. The van der Waals surface area contributed by atoms with E-state index in [1.54, 1.807) is 0 Å². The third kappa shape index (κ3) is 4.43. The van der Waals surface area contributed by atoms with Crippen molar-refractivity contribution in [3.8, 4) is 28.6 Å². The zero-order chi connectivity index (χ0) is 22.8. The van der Waals surface area contributed by atoms with Crippen LogP contribution in [0.3, 0.4) is 0 Å². The summed E-state index contributed by atoms with van der Waals surface area (Å²) < 4.78 is 13.0. The summed E-state index contributed by atoms with van der Waals surface area (Å²) in [5.74, 6) is 2.25. The van der Waals surface area contributed by atoms with Gasteiger partial charge in [-0.05, 0) is 43.8 Å². The maximum absolute atomic E-state index is 13.1. The number of hydrogen-bond acceptors (Lipinski definition) is 7. The lowest BCUT2D eigenvalue weighted by Gasteiger charge is -2.35. The fourth-order valence-electron chi connectivity index (χ4n) is 4.13. The summed E-state index contributed by atoms with van der Waals surface area (Å²) in [7, 11) is 0. The van der Waals surface area contributed by atoms with Gasteiger partial charge in [0.15, 0.2) is 22.5 Å². The predicted molar refractivity (Wildman–Crippen MR) is 127 cm³/mol. The summed E-state index contributed by atoms with van der Waals surface area (Å²) in [4.78, 5) is 17.5. The molecule has 1 atom stereocenters. The molecule has 0 bridgehead atoms. The van der Waals surface area contributed by atoms with Crippen LogP contribution in [-0.4, -0.2) is 75.2 Å². The number of piperazine rings is 1. The number of aromatic nitrogens is 3. The molecule has 33 heavy (non-hydrogen) atoms. The van der Waals surface area contributed by atoms with Gasteiger partial charge < -0.3 is 19.3 Å². The number of hydrogen-bond donors (Lipinski definition) is 0. The molecule has 0 aliphatic carbocycles. The van der Waals surface area contributed by atoms with Crippen LogP contribution in [0.15, 0.2) is 53.7 Å². The molecule has 1 amide bonds. The van der Waals surface area contributed by atoms with E-state index >= 15 is 0 Å². The van der Waals surface area contributed by atoms with E-state index in [1.165, 1.54) is 11.8 Å². The van der Waals surface area contributed by atoms with E-state index in [0.29, 0.717) is 16.7 Å². The second kappa shape index (κ2) is 9.44. The lowest BCUT2D eigenvalue weighted by Crippen LogP contribution is -2.50. The average Bonchev–Trinajstić information content (AvgIpc) is 3.50. The van der Waals surface area contributed by atoms with Crippen molar-refractivity contribution >= 4 is 17.7 Å². The molecule has 172 valence electrons. The van der Waals surface area contributed by atoms with Crippen LogP contribution in [0.4, 0.5) is 0 Å². The molecule has 0 radical (unpaired) electrons. The summed E-state index contributed by atoms with van der Waals surface area (Å²) in [5, 5.41) is 9.39. The van der Waals surface area contributed by atoms with Crippen LogP contribution in [0.5, 0.6) is 11.5 Å². The second-order valence-electron chi connectivity index (χ2n) is 8.06. The van der Waals surface area contributed by atoms with Crippen molar-refractivity contribution in [2.24, 2.45) is 0 Å². The van der Waals surface area contributed by atoms with Crippen LogP contribution in [0.25, 0.3) is 17.1 Å². The van der Waals surface area contributed by atoms with Crippen molar-refractivity contribution in [3.63, 3.8) is 0 Å². The van der Waals surface area contributed by atoms with Crippen LogP contribution >= 0.6 is 11.8 Å². The molecule has 0 spiro atoms. The quantitative estimate of drug-likeness (QED) is 0.517. The van der Waals surface area contributed by atoms with Gasteiger partial charge >= 0.3 is 0 Å². The van der Waals surface area contributed by atoms with E-state index < -0.39 is 0 Å². The number of fused-ring (bicyclic) bond motifs is 1. The molecule has 3 aromatic rings. The zero-order valence-electron chi connectivity index (χ0n) is 18.8. The Bertz CT molecular complexity index is 1130. The largest absolute Gasteiger partial charge is 0.454 e. The van der Waals surface area contributed by atoms with E-state index in [4.69, 9.17) is 9.47 Å². The van der Waals surface area contributed by atoms with Crippen LogP contribution in [-0.2, 0) is 4.79 Å². The molecule has 1 aromatic heterocycles. The van der Waals surface area contributed by atoms with E-state index in [9.17, 15) is 4.79 Å². The SMILES string of the molecule is CCN1CCN(C(=O)[C@@H](C)Sc2nnc(-c3ccc4c(c3)OCO4)n2-c2ccccc2)CC1. The Morgan fingerprint density at radius 1 is 1.03 bits per heavy atom. The highest BCUT2D eigenvalue weighted by Crippen LogP contribution is 2.37. The van der Waals surface area contributed by atoms with Gasteiger partial charge in [0.2, 0.25) is 12.7 Å². The fraction of sp³-hybridized carbons (Fsp3) is 0.375. The highest BCUT2D eigenvalue weighted by Gasteiger charge is 2.28. The van der Waals surface area contributed by atoms with Crippen LogP contribution < -0.4 is 9.47 Å². The van der Waals surface area contributed by atoms with Gasteiger partial charge in [-0.2, -0.15) is 0 Å². The number of carbonyl (C=O) groups excluding carboxylic acids is 1. The number of amides is 1. The summed E-state index contributed by atoms with van der Waals surface area (Å²) in [5.41, 5.74) is 1.81. The molecule has 9 heteroatoms. The Kier molecular flexibility index (Phi) is 6.24. The minimum atomic E-state index is -0.269. The predicted octanol–water partition coefficient (Wildman–Crippen LogP) is 3.31. The molecule has 2 aromatic carbocycles. The summed E-state index contributed by atoms with van der Waals surface area (Å²) in [6, 6.07) is 15.7. The molecular weight excluding hydrogens is 438 g/mol. The third-order valence-electron chi connectivity index (χ3n) is 6.04. The fourth-order valence-corrected chi connectivity index (χ4v) is 5.08. The van der Waals surface area contributed by atoms with Gasteiger partial charge in [0.05, 0.1) is 5.25 Å². The first-order valence-electron chi connectivity index (χ1n) is 11.2. The number of para-hydroxylation sites is 1. The summed E-state index contributed by atoms with van der Waals surface area (Å²) in [6.07, 6.45) is 0. The van der Waals surface area contributed by atoms with Gasteiger partial charge in [-0.25, -0.2) is 0 Å². The summed E-state index contributed by atoms with van der Waals surface area (Å²) >= 11 is 1.44. The van der Waals surface area contributed by atoms with Gasteiger partial charge in [-0.1, -0.05) is 36.9 Å². The number of benzene rings is 2. The number of rotatable bonds is 6. The molecule has 2 aliphatic heterocycles. The Balaban J connectivity index is 1.42. The lowest BCUT2D eigenvalue weighted by atomic mass is 10.2. The minimum absolute atomic E-state index is 0.142. The van der Waals surface area contributed by atoms with Crippen molar-refractivity contribution in [1.82, 2.24) is 24.6 Å². The first kappa shape index (κ1) is 21.8. The van der Waals surface area contributed by atoms with E-state index in [0.717, 1.165) is 49.7 Å². The minimum Gasteiger partial charge on any atom is -0.454 e. The van der Waals surface area contributed by atoms with Gasteiger partial charge in [0.25, 0.3) is 0 Å². The van der Waals surface area contributed by atoms with Gasteiger partial charge in [0, 0.05) is 37.4 Å². The van der Waals surface area contributed by atoms with Crippen LogP contribution in [0.1, 0.15) is 13.8 Å². The number of likely N-dealkylation sites (N-methyl/N-ethyl adjacent to an activating group) is 1. The lowest BCUT2D eigenvalue weighted by molar-refractivity contribution is -0.132. The van der Waals surface area contributed by atoms with Crippen molar-refractivity contribution in [1.29, 1.82) is 0 Å². The maximum Gasteiger partial charge on any atom is 0.235 e. The molecule has 5 rings (SSSR count). The topological polar surface area (TPSA) is 72.7 Å². The number of thioether (sulfide) groups is 1. The molecule has 1 saturated heterocycles. The molecular formula is C24H27N5O3S. The van der Waals surface area contributed by atoms with Crippen molar-refractivity contribution in [2.45, 2.75) is 24.3 Å². The number of ether oxygens (including phenoxy) is 2. The normalized spacial score (nSPS) is 16.7. The zero-order valence-corrected chi connectivity index (χ0v) is 19.6. The van der Waals surface area contributed by atoms with Crippen molar-refractivity contribution < 1.29 is 14.3 Å². The highest BCUT2D eigenvalue weighted by molar-refractivity contribution is 8.00. The molecule has 0 unspecified atom stereocenters. The molecule has 3 heterocycles. The smallest absolute Gasteiger partial charge is 0.235 e. The first-order valence-corrected chi connectivity index (χ1v) is 12.1. The van der Waals surface area contributed by atoms with Gasteiger partial charge in [0.1, 0.15) is 0 Å². The molecule has 0 N–H and O–H groups in total. The van der Waals surface area contributed by atoms with Crippen LogP contribution in [0, 0.1) is 0 Å². The molecule has 1 fully saturated rings. The van der Waals surface area contributed by atoms with Gasteiger partial charge in [-0.15, -0.1) is 10.2 Å². The highest BCUT2D eigenvalue weighted by atomic mass is 32.2. The Morgan fingerprint density at radius 2 is 1.79 bits per heavy atom. The second-order valence-corrected chi connectivity index (χ2v) is 9.37. The Morgan fingerprint density at radius 3 is 2.55 bits per heavy atom. The van der Waals surface area contributed by atoms with Crippen molar-refractivity contribution in [3.05, 3.63) is 48.5 Å². The first-order chi connectivity index (χ1) is 16.1. The third-order valence-corrected chi connectivity index (χ3v) is 7.07. The Labute approximate surface area is 197 Å². The molecule has 2 aliphatic rings. The van der Waals surface area contributed by atoms with E-state index in [2.05, 4.69) is 22.0 Å². The number of carbonyl (C=O) groups is 1. The standard InChI is InChI=1S/C24H27N5O3S/c1-3-27-11-13-28(14-12-27)23(30)17(2)33-24-26-25-22(29(24)19-7-5-4-6-8-19)18-9-10-20-21(15-18)32-16-31-20/h4-10,15,17H,3,11-14,16H2,1-2H3/t17-/m1/s1.